The monoisotopic (exact) mass is 401 g/mol. The van der Waals surface area contributed by atoms with Gasteiger partial charge in [-0.15, -0.1) is 0 Å². The first kappa shape index (κ1) is 21.2. The van der Waals surface area contributed by atoms with Crippen molar-refractivity contribution in [2.24, 2.45) is 0 Å². The molecule has 1 saturated heterocycles. The number of nitrogens with one attached hydrogen (secondary N) is 2. The third-order valence-electron chi connectivity index (χ3n) is 4.27. The molecule has 1 aromatic carbocycles. The van der Waals surface area contributed by atoms with Crippen molar-refractivity contribution in [2.75, 3.05) is 26.2 Å². The molecule has 1 aliphatic rings. The van der Waals surface area contributed by atoms with Crippen molar-refractivity contribution in [3.63, 3.8) is 0 Å². The van der Waals surface area contributed by atoms with Crippen LogP contribution >= 0.6 is 11.6 Å². The molecule has 26 heavy (non-hydrogen) atoms. The molecule has 1 aromatic rings. The van der Waals surface area contributed by atoms with E-state index in [1.165, 1.54) is 37.5 Å². The first-order valence-electron chi connectivity index (χ1n) is 9.12. The van der Waals surface area contributed by atoms with Crippen LogP contribution in [0, 0.1) is 0 Å². The topological polar surface area (TPSA) is 78.5 Å². The Balaban J connectivity index is 1.94. The number of hydrogen-bond acceptors (Lipinski definition) is 4. The van der Waals surface area contributed by atoms with Crippen molar-refractivity contribution in [3.05, 3.63) is 28.8 Å². The zero-order chi connectivity index (χ0) is 19.2. The number of amides is 1. The second-order valence-electron chi connectivity index (χ2n) is 6.93. The largest absolute Gasteiger partial charge is 0.352 e. The van der Waals surface area contributed by atoms with E-state index in [2.05, 4.69) is 14.9 Å². The second-order valence-corrected chi connectivity index (χ2v) is 9.05. The molecule has 2 N–H and O–H groups in total. The van der Waals surface area contributed by atoms with E-state index in [1.807, 2.05) is 0 Å². The van der Waals surface area contributed by atoms with E-state index in [-0.39, 0.29) is 27.4 Å². The van der Waals surface area contributed by atoms with Gasteiger partial charge in [-0.25, -0.2) is 13.1 Å². The van der Waals surface area contributed by atoms with Gasteiger partial charge in [0.25, 0.3) is 5.91 Å². The Hall–Kier alpha value is -1.15. The molecule has 1 fully saturated rings. The minimum atomic E-state index is -3.67. The molecule has 0 saturated carbocycles. The Morgan fingerprint density at radius 3 is 2.58 bits per heavy atom. The Morgan fingerprint density at radius 2 is 1.92 bits per heavy atom. The number of hydrogen-bond donors (Lipinski definition) is 2. The second kappa shape index (κ2) is 9.69. The van der Waals surface area contributed by atoms with Crippen LogP contribution in [-0.4, -0.2) is 51.4 Å². The van der Waals surface area contributed by atoms with Gasteiger partial charge in [0.1, 0.15) is 0 Å². The molecule has 1 heterocycles. The molecule has 0 aromatic heterocycles. The Kier molecular flexibility index (Phi) is 7.88. The lowest BCUT2D eigenvalue weighted by Crippen LogP contribution is -2.33. The SMILES string of the molecule is CC(C)NS(=O)(=O)c1ccc(Cl)c(C(=O)NCCCN2CCCCC2)c1. The van der Waals surface area contributed by atoms with Crippen LogP contribution in [-0.2, 0) is 10.0 Å². The lowest BCUT2D eigenvalue weighted by molar-refractivity contribution is 0.0951. The number of likely N-dealkylation sites (tertiary alicyclic amines) is 1. The van der Waals surface area contributed by atoms with Crippen LogP contribution < -0.4 is 10.0 Å². The molecule has 0 bridgehead atoms. The number of carbonyl (C=O) groups excluding carboxylic acids is 1. The summed E-state index contributed by atoms with van der Waals surface area (Å²) in [4.78, 5) is 14.8. The molecular weight excluding hydrogens is 374 g/mol. The highest BCUT2D eigenvalue weighted by Gasteiger charge is 2.19. The number of piperidine rings is 1. The van der Waals surface area contributed by atoms with E-state index in [9.17, 15) is 13.2 Å². The molecule has 6 nitrogen and oxygen atoms in total. The zero-order valence-electron chi connectivity index (χ0n) is 15.4. The standard InChI is InChI=1S/C18H28ClN3O3S/c1-14(2)21-26(24,25)15-7-8-17(19)16(13-15)18(23)20-9-6-12-22-10-4-3-5-11-22/h7-8,13-14,21H,3-6,9-12H2,1-2H3,(H,20,23). The van der Waals surface area contributed by atoms with Crippen molar-refractivity contribution < 1.29 is 13.2 Å². The maximum atomic E-state index is 12.4. The van der Waals surface area contributed by atoms with E-state index < -0.39 is 10.0 Å². The molecule has 0 radical (unpaired) electrons. The summed E-state index contributed by atoms with van der Waals surface area (Å²) in [7, 11) is -3.67. The average Bonchev–Trinajstić information content (AvgIpc) is 2.58. The van der Waals surface area contributed by atoms with Gasteiger partial charge in [-0.2, -0.15) is 0 Å². The van der Waals surface area contributed by atoms with Gasteiger partial charge >= 0.3 is 0 Å². The van der Waals surface area contributed by atoms with E-state index in [0.717, 1.165) is 26.1 Å². The molecule has 0 atom stereocenters. The molecule has 0 unspecified atom stereocenters. The van der Waals surface area contributed by atoms with Crippen LogP contribution in [0.2, 0.25) is 5.02 Å². The summed E-state index contributed by atoms with van der Waals surface area (Å²) in [6.07, 6.45) is 4.65. The van der Waals surface area contributed by atoms with Gasteiger partial charge < -0.3 is 10.2 Å². The molecule has 1 amide bonds. The van der Waals surface area contributed by atoms with Gasteiger partial charge in [0.2, 0.25) is 10.0 Å². The Bertz CT molecular complexity index is 716. The zero-order valence-corrected chi connectivity index (χ0v) is 17.0. The normalized spacial score (nSPS) is 16.0. The lowest BCUT2D eigenvalue weighted by Gasteiger charge is -2.26. The van der Waals surface area contributed by atoms with Gasteiger partial charge in [-0.1, -0.05) is 18.0 Å². The molecule has 2 rings (SSSR count). The molecule has 146 valence electrons. The molecule has 0 spiro atoms. The first-order chi connectivity index (χ1) is 12.3. The summed E-state index contributed by atoms with van der Waals surface area (Å²) in [5, 5.41) is 3.07. The van der Waals surface area contributed by atoms with E-state index in [0.29, 0.717) is 6.54 Å². The number of carbonyl (C=O) groups is 1. The van der Waals surface area contributed by atoms with Gasteiger partial charge in [-0.05, 0) is 70.9 Å². The summed E-state index contributed by atoms with van der Waals surface area (Å²) in [6.45, 7) is 7.23. The maximum Gasteiger partial charge on any atom is 0.252 e. The highest BCUT2D eigenvalue weighted by Crippen LogP contribution is 2.20. The van der Waals surface area contributed by atoms with Crippen LogP contribution in [0.4, 0.5) is 0 Å². The van der Waals surface area contributed by atoms with Crippen LogP contribution in [0.15, 0.2) is 23.1 Å². The predicted octanol–water partition coefficient (Wildman–Crippen LogP) is 2.63. The third-order valence-corrected chi connectivity index (χ3v) is 6.25. The smallest absolute Gasteiger partial charge is 0.252 e. The molecule has 1 aliphatic heterocycles. The highest BCUT2D eigenvalue weighted by atomic mass is 35.5. The fourth-order valence-electron chi connectivity index (χ4n) is 3.01. The van der Waals surface area contributed by atoms with Gasteiger partial charge in [0.05, 0.1) is 15.5 Å². The van der Waals surface area contributed by atoms with Crippen molar-refractivity contribution in [3.8, 4) is 0 Å². The van der Waals surface area contributed by atoms with Crippen LogP contribution in [0.5, 0.6) is 0 Å². The van der Waals surface area contributed by atoms with E-state index >= 15 is 0 Å². The fourth-order valence-corrected chi connectivity index (χ4v) is 4.49. The van der Waals surface area contributed by atoms with E-state index in [4.69, 9.17) is 11.6 Å². The minimum absolute atomic E-state index is 0.0362. The number of benzene rings is 1. The molecule has 0 aliphatic carbocycles. The summed E-state index contributed by atoms with van der Waals surface area (Å²) in [6, 6.07) is 3.94. The highest BCUT2D eigenvalue weighted by molar-refractivity contribution is 7.89. The number of sulfonamides is 1. The van der Waals surface area contributed by atoms with Gasteiger partial charge in [0.15, 0.2) is 0 Å². The fraction of sp³-hybridized carbons (Fsp3) is 0.611. The quantitative estimate of drug-likeness (QED) is 0.656. The summed E-state index contributed by atoms with van der Waals surface area (Å²) < 4.78 is 27.0. The average molecular weight is 402 g/mol. The van der Waals surface area contributed by atoms with Crippen LogP contribution in [0.3, 0.4) is 0 Å². The Morgan fingerprint density at radius 1 is 1.23 bits per heavy atom. The number of nitrogens with zero attached hydrogens (tertiary/aromatic N) is 1. The summed E-state index contributed by atoms with van der Waals surface area (Å²) in [5.74, 6) is -0.352. The lowest BCUT2D eigenvalue weighted by atomic mass is 10.1. The summed E-state index contributed by atoms with van der Waals surface area (Å²) >= 11 is 6.10. The molecular formula is C18H28ClN3O3S. The minimum Gasteiger partial charge on any atom is -0.352 e. The predicted molar refractivity (Wildman–Crippen MR) is 104 cm³/mol. The van der Waals surface area contributed by atoms with Gasteiger partial charge in [-0.3, -0.25) is 4.79 Å². The first-order valence-corrected chi connectivity index (χ1v) is 11.0. The van der Waals surface area contributed by atoms with Crippen molar-refractivity contribution in [1.29, 1.82) is 0 Å². The maximum absolute atomic E-state index is 12.4. The van der Waals surface area contributed by atoms with E-state index in [1.54, 1.807) is 13.8 Å². The van der Waals surface area contributed by atoms with Crippen LogP contribution in [0.1, 0.15) is 49.9 Å². The third kappa shape index (κ3) is 6.23. The van der Waals surface area contributed by atoms with Gasteiger partial charge in [0, 0.05) is 12.6 Å². The number of halogens is 1. The van der Waals surface area contributed by atoms with Crippen molar-refractivity contribution >= 4 is 27.5 Å². The molecule has 8 heteroatoms. The van der Waals surface area contributed by atoms with Crippen LogP contribution in [0.25, 0.3) is 0 Å². The van der Waals surface area contributed by atoms with Crippen molar-refractivity contribution in [1.82, 2.24) is 14.9 Å². The summed E-state index contributed by atoms with van der Waals surface area (Å²) in [5.41, 5.74) is 0.177. The van der Waals surface area contributed by atoms with Crippen molar-refractivity contribution in [2.45, 2.75) is 50.5 Å². The number of rotatable bonds is 8. The Labute approximate surface area is 161 Å².